The topological polar surface area (TPSA) is 108 Å². The SMILES string of the molecule is N#C[C@@H]1CCCN1C(=O)CC(=O)[C@H]1CCCC[C@@](N)(C2C[C@@H]3CC[C@@H](C2)N3C(=O)c2cc(F)c(F)cc2F)C1. The lowest BCUT2D eigenvalue weighted by Gasteiger charge is -2.47. The van der Waals surface area contributed by atoms with Gasteiger partial charge in [-0.1, -0.05) is 12.8 Å². The van der Waals surface area contributed by atoms with E-state index < -0.39 is 40.5 Å². The molecule has 0 spiro atoms. The van der Waals surface area contributed by atoms with Crippen molar-refractivity contribution in [3.05, 3.63) is 35.1 Å². The fourth-order valence-electron chi connectivity index (χ4n) is 7.55. The monoisotopic (exact) mass is 544 g/mol. The lowest BCUT2D eigenvalue weighted by molar-refractivity contribution is -0.137. The Morgan fingerprint density at radius 3 is 2.36 bits per heavy atom. The molecule has 39 heavy (non-hydrogen) atoms. The van der Waals surface area contributed by atoms with Crippen molar-refractivity contribution in [2.24, 2.45) is 17.6 Å². The first-order chi connectivity index (χ1) is 18.6. The van der Waals surface area contributed by atoms with Gasteiger partial charge in [0.05, 0.1) is 18.1 Å². The number of halogens is 3. The van der Waals surface area contributed by atoms with E-state index in [1.54, 1.807) is 4.90 Å². The zero-order valence-electron chi connectivity index (χ0n) is 22.0. The highest BCUT2D eigenvalue weighted by molar-refractivity contribution is 5.99. The summed E-state index contributed by atoms with van der Waals surface area (Å²) >= 11 is 0. The van der Waals surface area contributed by atoms with Gasteiger partial charge in [0, 0.05) is 36.2 Å². The standard InChI is InChI=1S/C29H35F3N4O3/c30-23-13-25(32)24(31)12-22(23)28(39)36-19-6-7-20(36)11-18(10-19)29(34)8-2-1-4-17(15-29)26(37)14-27(38)35-9-3-5-21(35)16-33/h12-13,17-21H,1-11,14-15,34H2/t17-,19-,20-,21-,29-/m0/s1. The van der Waals surface area contributed by atoms with E-state index in [-0.39, 0.29) is 42.0 Å². The number of rotatable bonds is 5. The van der Waals surface area contributed by atoms with Crippen LogP contribution in [0.15, 0.2) is 12.1 Å². The number of carbonyl (C=O) groups excluding carboxylic acids is 3. The van der Waals surface area contributed by atoms with Crippen LogP contribution in [0.1, 0.15) is 87.4 Å². The molecule has 5 atom stereocenters. The zero-order chi connectivity index (χ0) is 27.9. The fourth-order valence-corrected chi connectivity index (χ4v) is 7.55. The molecular formula is C29H35F3N4O3. The van der Waals surface area contributed by atoms with E-state index in [4.69, 9.17) is 5.73 Å². The van der Waals surface area contributed by atoms with Crippen molar-refractivity contribution >= 4 is 17.6 Å². The molecule has 210 valence electrons. The minimum Gasteiger partial charge on any atom is -0.333 e. The van der Waals surface area contributed by atoms with Gasteiger partial charge < -0.3 is 15.5 Å². The predicted molar refractivity (Wildman–Crippen MR) is 135 cm³/mol. The molecule has 1 aromatic rings. The molecular weight excluding hydrogens is 509 g/mol. The zero-order valence-corrected chi connectivity index (χ0v) is 22.0. The molecule has 1 aliphatic carbocycles. The van der Waals surface area contributed by atoms with Gasteiger partial charge in [-0.3, -0.25) is 14.4 Å². The van der Waals surface area contributed by atoms with E-state index in [9.17, 15) is 32.8 Å². The summed E-state index contributed by atoms with van der Waals surface area (Å²) in [7, 11) is 0. The molecule has 4 aliphatic rings. The van der Waals surface area contributed by atoms with Gasteiger partial charge in [-0.25, -0.2) is 13.2 Å². The molecule has 0 aromatic heterocycles. The molecule has 2 N–H and O–H groups in total. The van der Waals surface area contributed by atoms with Crippen molar-refractivity contribution < 1.29 is 27.6 Å². The summed E-state index contributed by atoms with van der Waals surface area (Å²) < 4.78 is 41.6. The summed E-state index contributed by atoms with van der Waals surface area (Å²) in [5, 5.41) is 9.30. The number of nitriles is 1. The van der Waals surface area contributed by atoms with Crippen LogP contribution in [-0.2, 0) is 9.59 Å². The third kappa shape index (κ3) is 5.30. The molecule has 3 heterocycles. The van der Waals surface area contributed by atoms with Crippen molar-refractivity contribution in [1.82, 2.24) is 9.80 Å². The number of hydrogen-bond acceptors (Lipinski definition) is 5. The van der Waals surface area contributed by atoms with E-state index in [2.05, 4.69) is 6.07 Å². The Kier molecular flexibility index (Phi) is 7.73. The first-order valence-corrected chi connectivity index (χ1v) is 14.1. The molecule has 5 rings (SSSR count). The van der Waals surface area contributed by atoms with Gasteiger partial charge in [-0.2, -0.15) is 5.26 Å². The summed E-state index contributed by atoms with van der Waals surface area (Å²) in [5.74, 6) is -5.00. The Morgan fingerprint density at radius 1 is 0.974 bits per heavy atom. The number of benzene rings is 1. The number of nitrogens with two attached hydrogens (primary N) is 1. The van der Waals surface area contributed by atoms with Gasteiger partial charge in [-0.05, 0) is 69.8 Å². The molecule has 0 radical (unpaired) electrons. The van der Waals surface area contributed by atoms with Gasteiger partial charge >= 0.3 is 0 Å². The number of Topliss-reactive ketones (excluding diaryl/α,β-unsaturated/α-hetero) is 1. The first kappa shape index (κ1) is 27.6. The molecule has 7 nitrogen and oxygen atoms in total. The van der Waals surface area contributed by atoms with Crippen LogP contribution in [-0.4, -0.2) is 57.6 Å². The van der Waals surface area contributed by atoms with Gasteiger partial charge in [0.1, 0.15) is 17.6 Å². The maximum atomic E-state index is 14.4. The maximum absolute atomic E-state index is 14.4. The largest absolute Gasteiger partial charge is 0.333 e. The van der Waals surface area contributed by atoms with Crippen LogP contribution in [0, 0.1) is 40.6 Å². The molecule has 10 heteroatoms. The van der Waals surface area contributed by atoms with E-state index >= 15 is 0 Å². The smallest absolute Gasteiger partial charge is 0.257 e. The highest BCUT2D eigenvalue weighted by atomic mass is 19.2. The third-order valence-corrected chi connectivity index (χ3v) is 9.60. The number of carbonyl (C=O) groups is 3. The lowest BCUT2D eigenvalue weighted by atomic mass is 9.69. The quantitative estimate of drug-likeness (QED) is 0.339. The molecule has 2 amide bonds. The van der Waals surface area contributed by atoms with Crippen molar-refractivity contribution in [1.29, 1.82) is 5.26 Å². The van der Waals surface area contributed by atoms with Gasteiger partial charge in [0.25, 0.3) is 5.91 Å². The number of amides is 2. The second kappa shape index (κ2) is 10.9. The molecule has 1 saturated carbocycles. The minimum absolute atomic E-state index is 0.0412. The number of ketones is 1. The number of likely N-dealkylation sites (tertiary alicyclic amines) is 1. The molecule has 3 saturated heterocycles. The summed E-state index contributed by atoms with van der Waals surface area (Å²) in [6.07, 6.45) is 7.42. The lowest BCUT2D eigenvalue weighted by Crippen LogP contribution is -2.56. The third-order valence-electron chi connectivity index (χ3n) is 9.60. The highest BCUT2D eigenvalue weighted by Crippen LogP contribution is 2.47. The van der Waals surface area contributed by atoms with E-state index in [1.807, 2.05) is 0 Å². The second-order valence-corrected chi connectivity index (χ2v) is 11.9. The maximum Gasteiger partial charge on any atom is 0.257 e. The van der Waals surface area contributed by atoms with Crippen LogP contribution in [0.5, 0.6) is 0 Å². The summed E-state index contributed by atoms with van der Waals surface area (Å²) in [5.41, 5.74) is 5.96. The van der Waals surface area contributed by atoms with Crippen molar-refractivity contribution in [3.63, 3.8) is 0 Å². The summed E-state index contributed by atoms with van der Waals surface area (Å²) in [6.45, 7) is 0.504. The van der Waals surface area contributed by atoms with E-state index in [0.29, 0.717) is 50.8 Å². The van der Waals surface area contributed by atoms with Crippen LogP contribution < -0.4 is 5.73 Å². The van der Waals surface area contributed by atoms with Crippen LogP contribution in [0.25, 0.3) is 0 Å². The average molecular weight is 545 g/mol. The van der Waals surface area contributed by atoms with Gasteiger partial charge in [0.2, 0.25) is 5.91 Å². The predicted octanol–water partition coefficient (Wildman–Crippen LogP) is 4.24. The van der Waals surface area contributed by atoms with Crippen molar-refractivity contribution in [2.45, 2.75) is 101 Å². The Balaban J connectivity index is 1.27. The second-order valence-electron chi connectivity index (χ2n) is 11.9. The first-order valence-electron chi connectivity index (χ1n) is 14.1. The summed E-state index contributed by atoms with van der Waals surface area (Å²) in [4.78, 5) is 42.4. The molecule has 0 unspecified atom stereocenters. The molecule has 3 aliphatic heterocycles. The fraction of sp³-hybridized carbons (Fsp3) is 0.655. The van der Waals surface area contributed by atoms with Crippen molar-refractivity contribution in [3.8, 4) is 6.07 Å². The van der Waals surface area contributed by atoms with E-state index in [0.717, 1.165) is 38.5 Å². The number of piperidine rings is 1. The average Bonchev–Trinajstić information content (AvgIpc) is 3.41. The molecule has 1 aromatic carbocycles. The Hall–Kier alpha value is -2.93. The van der Waals surface area contributed by atoms with E-state index in [1.165, 1.54) is 4.90 Å². The minimum atomic E-state index is -1.33. The highest BCUT2D eigenvalue weighted by Gasteiger charge is 2.50. The molecule has 4 fully saturated rings. The van der Waals surface area contributed by atoms with Crippen LogP contribution >= 0.6 is 0 Å². The van der Waals surface area contributed by atoms with Gasteiger partial charge in [0.15, 0.2) is 11.6 Å². The Morgan fingerprint density at radius 2 is 1.67 bits per heavy atom. The number of nitrogens with zero attached hydrogens (tertiary/aromatic N) is 3. The number of fused-ring (bicyclic) bond motifs is 2. The number of hydrogen-bond donors (Lipinski definition) is 1. The van der Waals surface area contributed by atoms with Crippen LogP contribution in [0.2, 0.25) is 0 Å². The molecule has 2 bridgehead atoms. The Labute approximate surface area is 226 Å². The van der Waals surface area contributed by atoms with Crippen molar-refractivity contribution in [2.75, 3.05) is 6.54 Å². The van der Waals surface area contributed by atoms with Gasteiger partial charge in [-0.15, -0.1) is 0 Å². The Bertz CT molecular complexity index is 1190. The summed E-state index contributed by atoms with van der Waals surface area (Å²) in [6, 6.07) is 2.35. The van der Waals surface area contributed by atoms with Crippen LogP contribution in [0.3, 0.4) is 0 Å². The van der Waals surface area contributed by atoms with Crippen LogP contribution in [0.4, 0.5) is 13.2 Å². The normalized spacial score (nSPS) is 32.5.